The maximum absolute atomic E-state index is 5.66. The van der Waals surface area contributed by atoms with Crippen LogP contribution in [0.3, 0.4) is 0 Å². The van der Waals surface area contributed by atoms with Crippen molar-refractivity contribution in [3.05, 3.63) is 0 Å². The molecule has 0 aromatic rings. The van der Waals surface area contributed by atoms with E-state index >= 15 is 0 Å². The van der Waals surface area contributed by atoms with Gasteiger partial charge in [-0.05, 0) is 26.3 Å². The number of hydrogen-bond donors (Lipinski definition) is 2. The van der Waals surface area contributed by atoms with Crippen molar-refractivity contribution in [2.45, 2.75) is 31.3 Å². The first kappa shape index (κ1) is 6.05. The summed E-state index contributed by atoms with van der Waals surface area (Å²) in [5, 5.41) is 3.21. The second-order valence-corrected chi connectivity index (χ2v) is 2.56. The van der Waals surface area contributed by atoms with Crippen LogP contribution in [0.4, 0.5) is 0 Å². The van der Waals surface area contributed by atoms with Crippen LogP contribution in [0.1, 0.15) is 19.3 Å². The molecule has 2 heteroatoms. The minimum atomic E-state index is 0.465. The Morgan fingerprint density at radius 3 is 2.50 bits per heavy atom. The van der Waals surface area contributed by atoms with Crippen LogP contribution in [-0.2, 0) is 0 Å². The van der Waals surface area contributed by atoms with Gasteiger partial charge in [0.05, 0.1) is 0 Å². The first-order valence-corrected chi connectivity index (χ1v) is 3.26. The highest BCUT2D eigenvalue weighted by molar-refractivity contribution is 4.81. The van der Waals surface area contributed by atoms with Gasteiger partial charge >= 0.3 is 0 Å². The van der Waals surface area contributed by atoms with Gasteiger partial charge in [-0.2, -0.15) is 0 Å². The van der Waals surface area contributed by atoms with Gasteiger partial charge in [0.1, 0.15) is 0 Å². The zero-order valence-corrected chi connectivity index (χ0v) is 5.35. The summed E-state index contributed by atoms with van der Waals surface area (Å²) >= 11 is 0. The van der Waals surface area contributed by atoms with Crippen molar-refractivity contribution in [3.63, 3.8) is 0 Å². The summed E-state index contributed by atoms with van der Waals surface area (Å²) in [4.78, 5) is 0. The average Bonchev–Trinajstić information content (AvgIpc) is 2.14. The largest absolute Gasteiger partial charge is 0.328 e. The van der Waals surface area contributed by atoms with E-state index in [0.29, 0.717) is 12.1 Å². The Morgan fingerprint density at radius 2 is 2.25 bits per heavy atom. The van der Waals surface area contributed by atoms with Crippen molar-refractivity contribution >= 4 is 0 Å². The Balaban J connectivity index is 2.22. The smallest absolute Gasteiger partial charge is 0.00793 e. The first-order valence-electron chi connectivity index (χ1n) is 3.26. The number of hydrogen-bond acceptors (Lipinski definition) is 2. The van der Waals surface area contributed by atoms with Crippen LogP contribution in [0.5, 0.6) is 0 Å². The van der Waals surface area contributed by atoms with Gasteiger partial charge < -0.3 is 11.1 Å². The Labute approximate surface area is 50.4 Å². The minimum absolute atomic E-state index is 0.465. The fourth-order valence-electron chi connectivity index (χ4n) is 1.28. The third-order valence-corrected chi connectivity index (χ3v) is 1.88. The van der Waals surface area contributed by atoms with Gasteiger partial charge in [0.2, 0.25) is 0 Å². The lowest BCUT2D eigenvalue weighted by Crippen LogP contribution is -2.24. The molecular formula is C6H14N2. The van der Waals surface area contributed by atoms with Crippen molar-refractivity contribution in [2.24, 2.45) is 5.73 Å². The minimum Gasteiger partial charge on any atom is -0.328 e. The molecule has 0 saturated heterocycles. The van der Waals surface area contributed by atoms with E-state index in [1.165, 1.54) is 12.8 Å². The molecule has 0 bridgehead atoms. The summed E-state index contributed by atoms with van der Waals surface area (Å²) in [6.45, 7) is 0. The van der Waals surface area contributed by atoms with E-state index in [4.69, 9.17) is 5.73 Å². The third-order valence-electron chi connectivity index (χ3n) is 1.88. The van der Waals surface area contributed by atoms with Crippen molar-refractivity contribution in [2.75, 3.05) is 7.05 Å². The molecule has 1 aliphatic rings. The van der Waals surface area contributed by atoms with E-state index in [2.05, 4.69) is 5.32 Å². The molecule has 2 nitrogen and oxygen atoms in total. The lowest BCUT2D eigenvalue weighted by molar-refractivity contribution is 0.570. The highest BCUT2D eigenvalue weighted by Gasteiger charge is 2.18. The Bertz CT molecular complexity index is 72.9. The van der Waals surface area contributed by atoms with Gasteiger partial charge in [-0.15, -0.1) is 0 Å². The van der Waals surface area contributed by atoms with Crippen LogP contribution in [-0.4, -0.2) is 19.1 Å². The summed E-state index contributed by atoms with van der Waals surface area (Å²) in [5.74, 6) is 0. The van der Waals surface area contributed by atoms with Gasteiger partial charge in [-0.3, -0.25) is 0 Å². The van der Waals surface area contributed by atoms with E-state index in [0.717, 1.165) is 6.42 Å². The number of nitrogens with one attached hydrogen (secondary N) is 1. The normalized spacial score (nSPS) is 38.2. The molecule has 8 heavy (non-hydrogen) atoms. The zero-order valence-electron chi connectivity index (χ0n) is 5.35. The van der Waals surface area contributed by atoms with E-state index in [1.54, 1.807) is 0 Å². The third kappa shape index (κ3) is 1.20. The predicted molar refractivity (Wildman–Crippen MR) is 34.7 cm³/mol. The maximum Gasteiger partial charge on any atom is 0.00793 e. The molecule has 0 radical (unpaired) electrons. The molecule has 0 aliphatic heterocycles. The molecule has 1 fully saturated rings. The van der Waals surface area contributed by atoms with Crippen LogP contribution in [0.2, 0.25) is 0 Å². The van der Waals surface area contributed by atoms with Crippen LogP contribution in [0.25, 0.3) is 0 Å². The van der Waals surface area contributed by atoms with E-state index in [-0.39, 0.29) is 0 Å². The van der Waals surface area contributed by atoms with Gasteiger partial charge in [0, 0.05) is 12.1 Å². The van der Waals surface area contributed by atoms with Gasteiger partial charge in [0.15, 0.2) is 0 Å². The van der Waals surface area contributed by atoms with Crippen LogP contribution >= 0.6 is 0 Å². The predicted octanol–water partition coefficient (Wildman–Crippen LogP) is 0.0856. The van der Waals surface area contributed by atoms with E-state index in [9.17, 15) is 0 Å². The van der Waals surface area contributed by atoms with Crippen LogP contribution < -0.4 is 11.1 Å². The Morgan fingerprint density at radius 1 is 1.50 bits per heavy atom. The monoisotopic (exact) mass is 114 g/mol. The summed E-state index contributed by atoms with van der Waals surface area (Å²) in [7, 11) is 2.00. The molecule has 1 rings (SSSR count). The van der Waals surface area contributed by atoms with Crippen LogP contribution in [0.15, 0.2) is 0 Å². The summed E-state index contributed by atoms with van der Waals surface area (Å²) < 4.78 is 0. The highest BCUT2D eigenvalue weighted by Crippen LogP contribution is 2.15. The molecule has 0 amide bonds. The van der Waals surface area contributed by atoms with E-state index < -0.39 is 0 Å². The SMILES string of the molecule is CN[C@@H]1CC[C@H](N)C1. The Hall–Kier alpha value is -0.0800. The summed E-state index contributed by atoms with van der Waals surface area (Å²) in [5.41, 5.74) is 5.66. The Kier molecular flexibility index (Phi) is 1.86. The molecule has 0 unspecified atom stereocenters. The van der Waals surface area contributed by atoms with Gasteiger partial charge in [-0.25, -0.2) is 0 Å². The van der Waals surface area contributed by atoms with Crippen LogP contribution in [0, 0.1) is 0 Å². The van der Waals surface area contributed by atoms with Crippen molar-refractivity contribution in [1.82, 2.24) is 5.32 Å². The lowest BCUT2D eigenvalue weighted by atomic mass is 10.2. The molecule has 3 N–H and O–H groups in total. The molecule has 0 spiro atoms. The van der Waals surface area contributed by atoms with Crippen molar-refractivity contribution in [1.29, 1.82) is 0 Å². The molecule has 0 heterocycles. The molecule has 48 valence electrons. The second kappa shape index (κ2) is 2.46. The number of nitrogens with two attached hydrogens (primary N) is 1. The first-order chi connectivity index (χ1) is 3.83. The standard InChI is InChI=1S/C6H14N2/c1-8-6-3-2-5(7)4-6/h5-6,8H,2-4,7H2,1H3/t5-,6+/m0/s1. The number of rotatable bonds is 1. The summed E-state index contributed by atoms with van der Waals surface area (Å²) in [6, 6.07) is 1.16. The van der Waals surface area contributed by atoms with Crippen molar-refractivity contribution in [3.8, 4) is 0 Å². The zero-order chi connectivity index (χ0) is 5.98. The van der Waals surface area contributed by atoms with E-state index in [1.807, 2.05) is 7.05 Å². The van der Waals surface area contributed by atoms with Gasteiger partial charge in [-0.1, -0.05) is 0 Å². The molecule has 0 aromatic carbocycles. The topological polar surface area (TPSA) is 38.0 Å². The molecule has 0 aromatic heterocycles. The van der Waals surface area contributed by atoms with Crippen molar-refractivity contribution < 1.29 is 0 Å². The second-order valence-electron chi connectivity index (χ2n) is 2.56. The van der Waals surface area contributed by atoms with Gasteiger partial charge in [0.25, 0.3) is 0 Å². The maximum atomic E-state index is 5.66. The lowest BCUT2D eigenvalue weighted by Gasteiger charge is -2.04. The fourth-order valence-corrected chi connectivity index (χ4v) is 1.28. The quantitative estimate of drug-likeness (QED) is 0.507. The average molecular weight is 114 g/mol. The summed E-state index contributed by atoms with van der Waals surface area (Å²) in [6.07, 6.45) is 3.62. The molecule has 2 atom stereocenters. The fraction of sp³-hybridized carbons (Fsp3) is 1.00. The highest BCUT2D eigenvalue weighted by atomic mass is 14.9. The molecule has 1 saturated carbocycles. The molecule has 1 aliphatic carbocycles. The molecular weight excluding hydrogens is 100 g/mol.